The van der Waals surface area contributed by atoms with E-state index in [2.05, 4.69) is 25.8 Å². The molecule has 0 fully saturated rings. The monoisotopic (exact) mass is 314 g/mol. The van der Waals surface area contributed by atoms with Gasteiger partial charge in [-0.3, -0.25) is 4.79 Å². The molecule has 8 heteroatoms. The molecule has 3 aromatic rings. The molecule has 2 heterocycles. The quantitative estimate of drug-likeness (QED) is 0.801. The van der Waals surface area contributed by atoms with Crippen molar-refractivity contribution in [3.05, 3.63) is 59.0 Å². The van der Waals surface area contributed by atoms with Crippen molar-refractivity contribution in [2.45, 2.75) is 6.92 Å². The van der Waals surface area contributed by atoms with Crippen LogP contribution in [0.3, 0.4) is 0 Å². The second-order valence-electron chi connectivity index (χ2n) is 4.59. The molecule has 2 aromatic heterocycles. The standard InChI is InChI=1S/C14H11ClN6O/c1-9-4-5-16-13(6-9)18-14(22)11-3-2-10(15)7-12(11)21-8-17-19-20-21/h2-8H,1H3,(H,16,18,22). The number of nitrogens with zero attached hydrogens (tertiary/aromatic N) is 5. The molecule has 3 rings (SSSR count). The molecule has 0 radical (unpaired) electrons. The van der Waals surface area contributed by atoms with Crippen LogP contribution in [-0.4, -0.2) is 31.1 Å². The van der Waals surface area contributed by atoms with E-state index >= 15 is 0 Å². The van der Waals surface area contributed by atoms with Gasteiger partial charge in [0.25, 0.3) is 5.91 Å². The summed E-state index contributed by atoms with van der Waals surface area (Å²) in [5.41, 5.74) is 1.88. The molecule has 0 aliphatic carbocycles. The fourth-order valence-corrected chi connectivity index (χ4v) is 2.11. The average Bonchev–Trinajstić information content (AvgIpc) is 3.01. The number of hydrogen-bond donors (Lipinski definition) is 1. The minimum Gasteiger partial charge on any atom is -0.306 e. The second kappa shape index (κ2) is 5.90. The zero-order valence-electron chi connectivity index (χ0n) is 11.6. The molecule has 0 unspecified atom stereocenters. The molecule has 22 heavy (non-hydrogen) atoms. The number of carbonyl (C=O) groups excluding carboxylic acids is 1. The lowest BCUT2D eigenvalue weighted by Crippen LogP contribution is -2.16. The van der Waals surface area contributed by atoms with Crippen LogP contribution in [0.1, 0.15) is 15.9 Å². The number of anilines is 1. The van der Waals surface area contributed by atoms with Crippen LogP contribution in [0.5, 0.6) is 0 Å². The number of aryl methyl sites for hydroxylation is 1. The van der Waals surface area contributed by atoms with E-state index in [1.165, 1.54) is 11.0 Å². The topological polar surface area (TPSA) is 85.6 Å². The largest absolute Gasteiger partial charge is 0.306 e. The van der Waals surface area contributed by atoms with E-state index in [-0.39, 0.29) is 5.91 Å². The molecule has 0 saturated carbocycles. The number of pyridine rings is 1. The number of aromatic nitrogens is 5. The third-order valence-electron chi connectivity index (χ3n) is 2.96. The maximum absolute atomic E-state index is 12.5. The Morgan fingerprint density at radius 2 is 2.14 bits per heavy atom. The van der Waals surface area contributed by atoms with E-state index in [0.29, 0.717) is 22.1 Å². The minimum atomic E-state index is -0.319. The Morgan fingerprint density at radius 3 is 2.86 bits per heavy atom. The summed E-state index contributed by atoms with van der Waals surface area (Å²) in [5.74, 6) is 0.155. The second-order valence-corrected chi connectivity index (χ2v) is 5.02. The fraction of sp³-hybridized carbons (Fsp3) is 0.0714. The first-order valence-electron chi connectivity index (χ1n) is 6.40. The molecule has 0 aliphatic rings. The van der Waals surface area contributed by atoms with E-state index in [1.807, 2.05) is 13.0 Å². The Kier molecular flexibility index (Phi) is 3.80. The van der Waals surface area contributed by atoms with E-state index < -0.39 is 0 Å². The SMILES string of the molecule is Cc1ccnc(NC(=O)c2ccc(Cl)cc2-n2cnnn2)c1. The van der Waals surface area contributed by atoms with Crippen molar-refractivity contribution in [1.29, 1.82) is 0 Å². The lowest BCUT2D eigenvalue weighted by Gasteiger charge is -2.09. The van der Waals surface area contributed by atoms with E-state index in [9.17, 15) is 4.79 Å². The molecular weight excluding hydrogens is 304 g/mol. The first-order chi connectivity index (χ1) is 10.6. The van der Waals surface area contributed by atoms with Crippen molar-refractivity contribution in [3.63, 3.8) is 0 Å². The highest BCUT2D eigenvalue weighted by molar-refractivity contribution is 6.31. The summed E-state index contributed by atoms with van der Waals surface area (Å²) in [4.78, 5) is 16.6. The Labute approximate surface area is 130 Å². The van der Waals surface area contributed by atoms with Crippen LogP contribution in [0.4, 0.5) is 5.82 Å². The predicted octanol–water partition coefficient (Wildman–Crippen LogP) is 2.27. The molecule has 110 valence electrons. The highest BCUT2D eigenvalue weighted by Crippen LogP contribution is 2.20. The van der Waals surface area contributed by atoms with Crippen LogP contribution in [-0.2, 0) is 0 Å². The van der Waals surface area contributed by atoms with Crippen molar-refractivity contribution < 1.29 is 4.79 Å². The summed E-state index contributed by atoms with van der Waals surface area (Å²) < 4.78 is 1.38. The zero-order chi connectivity index (χ0) is 15.5. The zero-order valence-corrected chi connectivity index (χ0v) is 12.3. The van der Waals surface area contributed by atoms with Gasteiger partial charge in [0.1, 0.15) is 12.1 Å². The Balaban J connectivity index is 1.96. The number of carbonyl (C=O) groups is 1. The van der Waals surface area contributed by atoms with Gasteiger partial charge in [0.15, 0.2) is 0 Å². The predicted molar refractivity (Wildman–Crippen MR) is 81.1 cm³/mol. The summed E-state index contributed by atoms with van der Waals surface area (Å²) in [7, 11) is 0. The maximum Gasteiger partial charge on any atom is 0.259 e. The summed E-state index contributed by atoms with van der Waals surface area (Å²) >= 11 is 5.99. The van der Waals surface area contributed by atoms with Gasteiger partial charge < -0.3 is 5.32 Å². The van der Waals surface area contributed by atoms with Crippen LogP contribution < -0.4 is 5.32 Å². The molecule has 0 saturated heterocycles. The van der Waals surface area contributed by atoms with E-state index in [4.69, 9.17) is 11.6 Å². The molecule has 0 bridgehead atoms. The Morgan fingerprint density at radius 1 is 1.27 bits per heavy atom. The molecule has 1 amide bonds. The fourth-order valence-electron chi connectivity index (χ4n) is 1.95. The minimum absolute atomic E-state index is 0.319. The average molecular weight is 315 g/mol. The summed E-state index contributed by atoms with van der Waals surface area (Å²) in [6.07, 6.45) is 3.03. The number of halogens is 1. The molecular formula is C14H11ClN6O. The first kappa shape index (κ1) is 14.2. The van der Waals surface area contributed by atoms with Crippen LogP contribution in [0.25, 0.3) is 5.69 Å². The van der Waals surface area contributed by atoms with Gasteiger partial charge in [-0.25, -0.2) is 4.98 Å². The molecule has 1 aromatic carbocycles. The van der Waals surface area contributed by atoms with Crippen molar-refractivity contribution in [3.8, 4) is 5.69 Å². The molecule has 0 aliphatic heterocycles. The number of tetrazole rings is 1. The van der Waals surface area contributed by atoms with Crippen LogP contribution >= 0.6 is 11.6 Å². The highest BCUT2D eigenvalue weighted by atomic mass is 35.5. The normalized spacial score (nSPS) is 10.5. The van der Waals surface area contributed by atoms with Crippen molar-refractivity contribution in [2.75, 3.05) is 5.32 Å². The van der Waals surface area contributed by atoms with Crippen molar-refractivity contribution in [2.24, 2.45) is 0 Å². The highest BCUT2D eigenvalue weighted by Gasteiger charge is 2.15. The summed E-state index contributed by atoms with van der Waals surface area (Å²) in [5, 5.41) is 14.2. The third-order valence-corrected chi connectivity index (χ3v) is 3.19. The summed E-state index contributed by atoms with van der Waals surface area (Å²) in [6.45, 7) is 1.92. The smallest absolute Gasteiger partial charge is 0.259 e. The van der Waals surface area contributed by atoms with Gasteiger partial charge in [0, 0.05) is 11.2 Å². The number of benzene rings is 1. The van der Waals surface area contributed by atoms with Crippen LogP contribution in [0.15, 0.2) is 42.9 Å². The molecule has 1 N–H and O–H groups in total. The van der Waals surface area contributed by atoms with Gasteiger partial charge in [-0.05, 0) is 53.2 Å². The van der Waals surface area contributed by atoms with Gasteiger partial charge in [-0.15, -0.1) is 5.10 Å². The van der Waals surface area contributed by atoms with Crippen LogP contribution in [0, 0.1) is 6.92 Å². The van der Waals surface area contributed by atoms with E-state index in [0.717, 1.165) is 5.56 Å². The lowest BCUT2D eigenvalue weighted by atomic mass is 10.1. The lowest BCUT2D eigenvalue weighted by molar-refractivity contribution is 0.102. The Bertz CT molecular complexity index is 818. The molecule has 7 nitrogen and oxygen atoms in total. The van der Waals surface area contributed by atoms with Crippen molar-refractivity contribution in [1.82, 2.24) is 25.2 Å². The Hall–Kier alpha value is -2.80. The van der Waals surface area contributed by atoms with Gasteiger partial charge in [0.2, 0.25) is 0 Å². The molecule has 0 spiro atoms. The third kappa shape index (κ3) is 2.94. The van der Waals surface area contributed by atoms with Gasteiger partial charge in [0.05, 0.1) is 11.3 Å². The number of rotatable bonds is 3. The number of amides is 1. The summed E-state index contributed by atoms with van der Waals surface area (Å²) in [6, 6.07) is 8.50. The number of nitrogens with one attached hydrogen (secondary N) is 1. The number of hydrogen-bond acceptors (Lipinski definition) is 5. The van der Waals surface area contributed by atoms with Crippen molar-refractivity contribution >= 4 is 23.3 Å². The molecule has 0 atom stereocenters. The van der Waals surface area contributed by atoms with Gasteiger partial charge in [-0.1, -0.05) is 11.6 Å². The maximum atomic E-state index is 12.5. The van der Waals surface area contributed by atoms with E-state index in [1.54, 1.807) is 30.5 Å². The van der Waals surface area contributed by atoms with Gasteiger partial charge >= 0.3 is 0 Å². The first-order valence-corrected chi connectivity index (χ1v) is 6.78. The van der Waals surface area contributed by atoms with Crippen LogP contribution in [0.2, 0.25) is 5.02 Å². The van der Waals surface area contributed by atoms with Gasteiger partial charge in [-0.2, -0.15) is 4.68 Å².